The molecule has 0 aromatic carbocycles. The monoisotopic (exact) mass is 230 g/mol. The van der Waals surface area contributed by atoms with Gasteiger partial charge in [0.05, 0.1) is 5.69 Å². The zero-order valence-corrected chi connectivity index (χ0v) is 9.93. The first-order chi connectivity index (χ1) is 8.25. The summed E-state index contributed by atoms with van der Waals surface area (Å²) in [5.74, 6) is 0.266. The lowest BCUT2D eigenvalue weighted by molar-refractivity contribution is 0.1000. The van der Waals surface area contributed by atoms with Gasteiger partial charge in [-0.25, -0.2) is 0 Å². The second kappa shape index (κ2) is 5.62. The highest BCUT2D eigenvalue weighted by Gasteiger charge is 2.09. The second-order valence-corrected chi connectivity index (χ2v) is 4.59. The molecule has 0 unspecified atom stereocenters. The lowest BCUT2D eigenvalue weighted by atomic mass is 9.89. The van der Waals surface area contributed by atoms with Crippen molar-refractivity contribution in [3.63, 3.8) is 0 Å². The van der Waals surface area contributed by atoms with Gasteiger partial charge in [0.15, 0.2) is 0 Å². The minimum absolute atomic E-state index is 0.403. The molecule has 3 nitrogen and oxygen atoms in total. The van der Waals surface area contributed by atoms with E-state index in [2.05, 4.69) is 11.1 Å². The third-order valence-electron chi connectivity index (χ3n) is 3.25. The van der Waals surface area contributed by atoms with E-state index in [1.54, 1.807) is 18.3 Å². The standard InChI is InChI=1S/C14H18N2O/c15-14(17)12-8-9-16-13(10-12)7-6-11-4-2-1-3-5-11/h6-11H,1-5H2,(H2,15,17)/b7-6+. The van der Waals surface area contributed by atoms with Gasteiger partial charge >= 0.3 is 0 Å². The third-order valence-corrected chi connectivity index (χ3v) is 3.25. The minimum atomic E-state index is -0.403. The molecule has 90 valence electrons. The average Bonchev–Trinajstić information content (AvgIpc) is 2.38. The molecule has 2 rings (SSSR count). The van der Waals surface area contributed by atoms with E-state index in [4.69, 9.17) is 5.73 Å². The maximum absolute atomic E-state index is 11.0. The van der Waals surface area contributed by atoms with Gasteiger partial charge in [0.1, 0.15) is 0 Å². The molecule has 1 aromatic rings. The Kier molecular flexibility index (Phi) is 3.91. The summed E-state index contributed by atoms with van der Waals surface area (Å²) in [5, 5.41) is 0. The number of aromatic nitrogens is 1. The number of nitrogens with two attached hydrogens (primary N) is 1. The van der Waals surface area contributed by atoms with Crippen molar-refractivity contribution < 1.29 is 4.79 Å². The van der Waals surface area contributed by atoms with Gasteiger partial charge in [0.2, 0.25) is 5.91 Å². The number of carbonyl (C=O) groups excluding carboxylic acids is 1. The van der Waals surface area contributed by atoms with Crippen LogP contribution in [0.4, 0.5) is 0 Å². The molecule has 1 fully saturated rings. The summed E-state index contributed by atoms with van der Waals surface area (Å²) in [6, 6.07) is 3.38. The molecule has 0 saturated heterocycles. The molecule has 0 radical (unpaired) electrons. The topological polar surface area (TPSA) is 56.0 Å². The summed E-state index contributed by atoms with van der Waals surface area (Å²) in [4.78, 5) is 15.2. The van der Waals surface area contributed by atoms with Crippen LogP contribution in [0.1, 0.15) is 48.2 Å². The molecule has 2 N–H and O–H groups in total. The summed E-state index contributed by atoms with van der Waals surface area (Å²) >= 11 is 0. The number of rotatable bonds is 3. The van der Waals surface area contributed by atoms with E-state index in [-0.39, 0.29) is 0 Å². The number of nitrogens with zero attached hydrogens (tertiary/aromatic N) is 1. The van der Waals surface area contributed by atoms with Gasteiger partial charge in [-0.2, -0.15) is 0 Å². The van der Waals surface area contributed by atoms with Crippen molar-refractivity contribution in [1.82, 2.24) is 4.98 Å². The Morgan fingerprint density at radius 1 is 1.35 bits per heavy atom. The van der Waals surface area contributed by atoms with Gasteiger partial charge in [-0.15, -0.1) is 0 Å². The molecule has 1 amide bonds. The fraction of sp³-hybridized carbons (Fsp3) is 0.429. The van der Waals surface area contributed by atoms with Crippen LogP contribution in [0.5, 0.6) is 0 Å². The van der Waals surface area contributed by atoms with Gasteiger partial charge in [-0.3, -0.25) is 9.78 Å². The Labute approximate surface area is 102 Å². The Morgan fingerprint density at radius 2 is 2.12 bits per heavy atom. The first-order valence-corrected chi connectivity index (χ1v) is 6.20. The second-order valence-electron chi connectivity index (χ2n) is 4.59. The van der Waals surface area contributed by atoms with Crippen molar-refractivity contribution in [2.45, 2.75) is 32.1 Å². The molecular formula is C14H18N2O. The predicted molar refractivity (Wildman–Crippen MR) is 68.4 cm³/mol. The molecule has 1 aromatic heterocycles. The predicted octanol–water partition coefficient (Wildman–Crippen LogP) is 2.77. The van der Waals surface area contributed by atoms with Crippen molar-refractivity contribution >= 4 is 12.0 Å². The molecule has 0 aliphatic heterocycles. The highest BCUT2D eigenvalue weighted by atomic mass is 16.1. The van der Waals surface area contributed by atoms with Crippen LogP contribution < -0.4 is 5.73 Å². The third kappa shape index (κ3) is 3.41. The fourth-order valence-electron chi connectivity index (χ4n) is 2.25. The first-order valence-electron chi connectivity index (χ1n) is 6.20. The fourth-order valence-corrected chi connectivity index (χ4v) is 2.25. The van der Waals surface area contributed by atoms with Crippen molar-refractivity contribution in [2.75, 3.05) is 0 Å². The molecule has 1 heterocycles. The SMILES string of the molecule is NC(=O)c1ccnc(/C=C/C2CCCCC2)c1. The van der Waals surface area contributed by atoms with Crippen LogP contribution in [0.15, 0.2) is 24.4 Å². The zero-order chi connectivity index (χ0) is 12.1. The van der Waals surface area contributed by atoms with Crippen LogP contribution in [0, 0.1) is 5.92 Å². The van der Waals surface area contributed by atoms with Gasteiger partial charge in [0.25, 0.3) is 0 Å². The average molecular weight is 230 g/mol. The number of primary amides is 1. The van der Waals surface area contributed by atoms with Crippen LogP contribution in [0.25, 0.3) is 6.08 Å². The highest BCUT2D eigenvalue weighted by molar-refractivity contribution is 5.93. The van der Waals surface area contributed by atoms with Crippen molar-refractivity contribution in [3.8, 4) is 0 Å². The number of hydrogen-bond donors (Lipinski definition) is 1. The highest BCUT2D eigenvalue weighted by Crippen LogP contribution is 2.25. The maximum atomic E-state index is 11.0. The Balaban J connectivity index is 2.04. The Morgan fingerprint density at radius 3 is 2.82 bits per heavy atom. The Bertz CT molecular complexity index is 420. The van der Waals surface area contributed by atoms with Crippen LogP contribution in [-0.4, -0.2) is 10.9 Å². The van der Waals surface area contributed by atoms with E-state index >= 15 is 0 Å². The maximum Gasteiger partial charge on any atom is 0.248 e. The quantitative estimate of drug-likeness (QED) is 0.868. The van der Waals surface area contributed by atoms with Crippen molar-refractivity contribution in [2.24, 2.45) is 11.7 Å². The van der Waals surface area contributed by atoms with Crippen molar-refractivity contribution in [1.29, 1.82) is 0 Å². The molecule has 17 heavy (non-hydrogen) atoms. The summed E-state index contributed by atoms with van der Waals surface area (Å²) in [7, 11) is 0. The number of amides is 1. The molecule has 1 aliphatic rings. The summed E-state index contributed by atoms with van der Waals surface area (Å²) in [5.41, 5.74) is 6.56. The number of carbonyl (C=O) groups is 1. The number of pyridine rings is 1. The number of hydrogen-bond acceptors (Lipinski definition) is 2. The Hall–Kier alpha value is -1.64. The van der Waals surface area contributed by atoms with E-state index in [0.717, 1.165) is 5.69 Å². The lowest BCUT2D eigenvalue weighted by Crippen LogP contribution is -2.11. The van der Waals surface area contributed by atoms with Gasteiger partial charge < -0.3 is 5.73 Å². The zero-order valence-electron chi connectivity index (χ0n) is 9.93. The summed E-state index contributed by atoms with van der Waals surface area (Å²) < 4.78 is 0. The largest absolute Gasteiger partial charge is 0.366 e. The number of allylic oxidation sites excluding steroid dienone is 1. The summed E-state index contributed by atoms with van der Waals surface area (Å²) in [6.07, 6.45) is 12.4. The molecular weight excluding hydrogens is 212 g/mol. The van der Waals surface area contributed by atoms with Gasteiger partial charge in [0, 0.05) is 11.8 Å². The molecule has 3 heteroatoms. The van der Waals surface area contributed by atoms with Crippen LogP contribution in [0.2, 0.25) is 0 Å². The molecule has 1 aliphatic carbocycles. The van der Waals surface area contributed by atoms with Crippen LogP contribution in [-0.2, 0) is 0 Å². The lowest BCUT2D eigenvalue weighted by Gasteiger charge is -2.17. The normalized spacial score (nSPS) is 17.4. The molecule has 0 bridgehead atoms. The molecule has 1 saturated carbocycles. The van der Waals surface area contributed by atoms with Crippen LogP contribution >= 0.6 is 0 Å². The smallest absolute Gasteiger partial charge is 0.248 e. The molecule has 0 spiro atoms. The van der Waals surface area contributed by atoms with E-state index < -0.39 is 5.91 Å². The minimum Gasteiger partial charge on any atom is -0.366 e. The first kappa shape index (κ1) is 11.8. The van der Waals surface area contributed by atoms with Gasteiger partial charge in [-0.1, -0.05) is 25.3 Å². The van der Waals surface area contributed by atoms with E-state index in [9.17, 15) is 4.79 Å². The van der Waals surface area contributed by atoms with Crippen molar-refractivity contribution in [3.05, 3.63) is 35.7 Å². The molecule has 0 atom stereocenters. The van der Waals surface area contributed by atoms with E-state index in [1.807, 2.05) is 6.08 Å². The summed E-state index contributed by atoms with van der Waals surface area (Å²) in [6.45, 7) is 0. The van der Waals surface area contributed by atoms with E-state index in [0.29, 0.717) is 11.5 Å². The van der Waals surface area contributed by atoms with Gasteiger partial charge in [-0.05, 0) is 37.0 Å². The van der Waals surface area contributed by atoms with E-state index in [1.165, 1.54) is 32.1 Å². The van der Waals surface area contributed by atoms with Crippen LogP contribution in [0.3, 0.4) is 0 Å².